The molecule has 0 aromatic carbocycles. The van der Waals surface area contributed by atoms with Gasteiger partial charge in [-0.05, 0) is 25.7 Å². The van der Waals surface area contributed by atoms with Crippen molar-refractivity contribution in [3.8, 4) is 0 Å². The maximum atomic E-state index is 5.42. The Labute approximate surface area is 118 Å². The summed E-state index contributed by atoms with van der Waals surface area (Å²) in [5.41, 5.74) is 0.895. The quantitative estimate of drug-likeness (QED) is 0.850. The van der Waals surface area contributed by atoms with Crippen molar-refractivity contribution in [1.29, 1.82) is 0 Å². The number of anilines is 1. The van der Waals surface area contributed by atoms with E-state index >= 15 is 0 Å². The molecule has 0 N–H and O–H groups in total. The van der Waals surface area contributed by atoms with Gasteiger partial charge in [-0.25, -0.2) is 9.97 Å². The van der Waals surface area contributed by atoms with Crippen molar-refractivity contribution in [2.45, 2.75) is 19.8 Å². The molecule has 2 aromatic rings. The lowest BCUT2D eigenvalue weighted by Gasteiger charge is -2.28. The van der Waals surface area contributed by atoms with Crippen LogP contribution in [0.3, 0.4) is 0 Å². The zero-order valence-electron chi connectivity index (χ0n) is 12.3. The zero-order valence-corrected chi connectivity index (χ0v) is 12.3. The number of hydrogen-bond donors (Lipinski definition) is 0. The molecule has 6 nitrogen and oxygen atoms in total. The fourth-order valence-corrected chi connectivity index (χ4v) is 2.81. The van der Waals surface area contributed by atoms with E-state index in [9.17, 15) is 0 Å². The van der Waals surface area contributed by atoms with E-state index in [0.29, 0.717) is 5.92 Å². The number of rotatable bonds is 3. The standard InChI is InChI=1S/C14H21N5O/c1-10-16-13(12-8-15-19(3)14(12)17-10)18(2)9-11-4-6-20-7-5-11/h8,11H,4-7,9H2,1-3H3. The lowest BCUT2D eigenvalue weighted by Crippen LogP contribution is -2.30. The highest BCUT2D eigenvalue weighted by Crippen LogP contribution is 2.25. The molecule has 1 aliphatic rings. The van der Waals surface area contributed by atoms with Crippen LogP contribution in [0.25, 0.3) is 11.0 Å². The first-order valence-electron chi connectivity index (χ1n) is 7.10. The largest absolute Gasteiger partial charge is 0.381 e. The van der Waals surface area contributed by atoms with Crippen molar-refractivity contribution in [2.75, 3.05) is 31.7 Å². The summed E-state index contributed by atoms with van der Waals surface area (Å²) < 4.78 is 7.22. The van der Waals surface area contributed by atoms with Gasteiger partial charge in [-0.15, -0.1) is 0 Å². The first-order valence-corrected chi connectivity index (χ1v) is 7.10. The van der Waals surface area contributed by atoms with Crippen LogP contribution in [-0.4, -0.2) is 46.6 Å². The van der Waals surface area contributed by atoms with Gasteiger partial charge in [-0.2, -0.15) is 5.10 Å². The summed E-state index contributed by atoms with van der Waals surface area (Å²) in [6, 6.07) is 0. The van der Waals surface area contributed by atoms with Gasteiger partial charge in [0.25, 0.3) is 0 Å². The molecule has 0 aliphatic carbocycles. The van der Waals surface area contributed by atoms with Crippen LogP contribution in [0.2, 0.25) is 0 Å². The summed E-state index contributed by atoms with van der Waals surface area (Å²) in [5, 5.41) is 5.32. The van der Waals surface area contributed by atoms with Gasteiger partial charge in [0.1, 0.15) is 11.6 Å². The second kappa shape index (κ2) is 5.36. The number of ether oxygens (including phenoxy) is 1. The highest BCUT2D eigenvalue weighted by atomic mass is 16.5. The van der Waals surface area contributed by atoms with Gasteiger partial charge in [-0.1, -0.05) is 0 Å². The van der Waals surface area contributed by atoms with E-state index < -0.39 is 0 Å². The summed E-state index contributed by atoms with van der Waals surface area (Å²) in [4.78, 5) is 11.3. The second-order valence-electron chi connectivity index (χ2n) is 5.54. The van der Waals surface area contributed by atoms with Crippen LogP contribution in [0.5, 0.6) is 0 Å². The lowest BCUT2D eigenvalue weighted by atomic mass is 10.00. The molecule has 108 valence electrons. The number of aryl methyl sites for hydroxylation is 2. The SMILES string of the molecule is Cc1nc(N(C)CC2CCOCC2)c2cnn(C)c2n1. The van der Waals surface area contributed by atoms with Crippen LogP contribution in [0, 0.1) is 12.8 Å². The molecule has 0 saturated carbocycles. The third-order valence-electron chi connectivity index (χ3n) is 3.92. The third kappa shape index (κ3) is 2.47. The van der Waals surface area contributed by atoms with Crippen molar-refractivity contribution >= 4 is 16.9 Å². The van der Waals surface area contributed by atoms with Gasteiger partial charge in [-0.3, -0.25) is 4.68 Å². The molecule has 0 spiro atoms. The van der Waals surface area contributed by atoms with Crippen molar-refractivity contribution in [3.63, 3.8) is 0 Å². The molecule has 0 atom stereocenters. The summed E-state index contributed by atoms with van der Waals surface area (Å²) in [5.74, 6) is 2.44. The predicted molar refractivity (Wildman–Crippen MR) is 77.9 cm³/mol. The smallest absolute Gasteiger partial charge is 0.163 e. The Morgan fingerprint density at radius 3 is 2.85 bits per heavy atom. The molecular weight excluding hydrogens is 254 g/mol. The van der Waals surface area contributed by atoms with Crippen molar-refractivity contribution in [3.05, 3.63) is 12.0 Å². The van der Waals surface area contributed by atoms with E-state index in [1.54, 1.807) is 4.68 Å². The van der Waals surface area contributed by atoms with Crippen LogP contribution < -0.4 is 4.90 Å². The molecule has 0 radical (unpaired) electrons. The molecular formula is C14H21N5O. The minimum absolute atomic E-state index is 0.677. The molecule has 3 heterocycles. The van der Waals surface area contributed by atoms with Gasteiger partial charge in [0.15, 0.2) is 5.65 Å². The van der Waals surface area contributed by atoms with Gasteiger partial charge < -0.3 is 9.64 Å². The van der Waals surface area contributed by atoms with Crippen LogP contribution in [0.1, 0.15) is 18.7 Å². The molecule has 20 heavy (non-hydrogen) atoms. The predicted octanol–water partition coefficient (Wildman–Crippen LogP) is 1.53. The highest BCUT2D eigenvalue weighted by molar-refractivity contribution is 5.86. The fraction of sp³-hybridized carbons (Fsp3) is 0.643. The Hall–Kier alpha value is -1.69. The molecule has 3 rings (SSSR count). The summed E-state index contributed by atoms with van der Waals surface area (Å²) in [6.45, 7) is 4.69. The normalized spacial score (nSPS) is 16.8. The summed E-state index contributed by atoms with van der Waals surface area (Å²) in [7, 11) is 4.01. The first kappa shape index (κ1) is 13.3. The Bertz CT molecular complexity index is 603. The van der Waals surface area contributed by atoms with E-state index in [-0.39, 0.29) is 0 Å². The van der Waals surface area contributed by atoms with E-state index in [1.807, 2.05) is 20.2 Å². The van der Waals surface area contributed by atoms with Crippen LogP contribution >= 0.6 is 0 Å². The van der Waals surface area contributed by atoms with Crippen molar-refractivity contribution < 1.29 is 4.74 Å². The molecule has 1 aliphatic heterocycles. The topological polar surface area (TPSA) is 56.1 Å². The Morgan fingerprint density at radius 1 is 1.35 bits per heavy atom. The zero-order chi connectivity index (χ0) is 14.1. The molecule has 0 unspecified atom stereocenters. The average molecular weight is 275 g/mol. The van der Waals surface area contributed by atoms with E-state index in [1.165, 1.54) is 0 Å². The molecule has 0 bridgehead atoms. The number of fused-ring (bicyclic) bond motifs is 1. The number of hydrogen-bond acceptors (Lipinski definition) is 5. The third-order valence-corrected chi connectivity index (χ3v) is 3.92. The van der Waals surface area contributed by atoms with Gasteiger partial charge in [0, 0.05) is 33.9 Å². The van der Waals surface area contributed by atoms with Crippen molar-refractivity contribution in [2.24, 2.45) is 13.0 Å². The van der Waals surface area contributed by atoms with E-state index in [2.05, 4.69) is 27.0 Å². The maximum absolute atomic E-state index is 5.42. The van der Waals surface area contributed by atoms with Gasteiger partial charge in [0.2, 0.25) is 0 Å². The molecule has 1 fully saturated rings. The second-order valence-corrected chi connectivity index (χ2v) is 5.54. The Balaban J connectivity index is 1.88. The first-order chi connectivity index (χ1) is 9.65. The monoisotopic (exact) mass is 275 g/mol. The van der Waals surface area contributed by atoms with Crippen LogP contribution in [0.4, 0.5) is 5.82 Å². The van der Waals surface area contributed by atoms with Crippen LogP contribution in [0.15, 0.2) is 6.20 Å². The fourth-order valence-electron chi connectivity index (χ4n) is 2.81. The Morgan fingerprint density at radius 2 is 2.10 bits per heavy atom. The van der Waals surface area contributed by atoms with Crippen LogP contribution in [-0.2, 0) is 11.8 Å². The highest BCUT2D eigenvalue weighted by Gasteiger charge is 2.19. The molecule has 1 saturated heterocycles. The van der Waals surface area contributed by atoms with E-state index in [0.717, 1.165) is 55.3 Å². The lowest BCUT2D eigenvalue weighted by molar-refractivity contribution is 0.0685. The van der Waals surface area contributed by atoms with Gasteiger partial charge in [0.05, 0.1) is 11.6 Å². The minimum Gasteiger partial charge on any atom is -0.381 e. The van der Waals surface area contributed by atoms with Gasteiger partial charge >= 0.3 is 0 Å². The summed E-state index contributed by atoms with van der Waals surface area (Å²) in [6.07, 6.45) is 4.11. The molecule has 6 heteroatoms. The number of nitrogens with zero attached hydrogens (tertiary/aromatic N) is 5. The average Bonchev–Trinajstić information content (AvgIpc) is 2.81. The molecule has 2 aromatic heterocycles. The minimum atomic E-state index is 0.677. The van der Waals surface area contributed by atoms with Crippen molar-refractivity contribution in [1.82, 2.24) is 19.7 Å². The number of aromatic nitrogens is 4. The molecule has 0 amide bonds. The van der Waals surface area contributed by atoms with E-state index in [4.69, 9.17) is 4.74 Å². The Kier molecular flexibility index (Phi) is 3.56. The maximum Gasteiger partial charge on any atom is 0.163 e. The summed E-state index contributed by atoms with van der Waals surface area (Å²) >= 11 is 0.